The SMILES string of the molecule is O=[PH](c1ccc(S(=O)(=O)OCC(F)(F)F)cc1)c1cc(Br)cc(CO)n1. The van der Waals surface area contributed by atoms with Gasteiger partial charge in [-0.2, -0.15) is 21.6 Å². The average molecular weight is 474 g/mol. The van der Waals surface area contributed by atoms with Gasteiger partial charge >= 0.3 is 6.18 Å². The van der Waals surface area contributed by atoms with Gasteiger partial charge in [-0.15, -0.1) is 0 Å². The number of aromatic nitrogens is 1. The number of aliphatic hydroxyl groups excluding tert-OH is 1. The lowest BCUT2D eigenvalue weighted by molar-refractivity contribution is -0.152. The topological polar surface area (TPSA) is 93.6 Å². The molecule has 0 radical (unpaired) electrons. The van der Waals surface area contributed by atoms with Crippen LogP contribution in [0.2, 0.25) is 0 Å². The minimum absolute atomic E-state index is 0.192. The lowest BCUT2D eigenvalue weighted by Gasteiger charge is -2.09. The molecule has 1 aromatic carbocycles. The summed E-state index contributed by atoms with van der Waals surface area (Å²) in [5.41, 5.74) is 0.491. The van der Waals surface area contributed by atoms with E-state index >= 15 is 0 Å². The van der Waals surface area contributed by atoms with Crippen LogP contribution in [0.1, 0.15) is 5.69 Å². The van der Waals surface area contributed by atoms with Gasteiger partial charge in [-0.05, 0) is 36.4 Å². The summed E-state index contributed by atoms with van der Waals surface area (Å²) in [6, 6.07) is 7.49. The van der Waals surface area contributed by atoms with Crippen LogP contribution in [-0.2, 0) is 25.5 Å². The molecule has 26 heavy (non-hydrogen) atoms. The van der Waals surface area contributed by atoms with Crippen molar-refractivity contribution in [3.8, 4) is 0 Å². The fraction of sp³-hybridized carbons (Fsp3) is 0.214. The van der Waals surface area contributed by atoms with Crippen LogP contribution in [0, 0.1) is 0 Å². The third-order valence-electron chi connectivity index (χ3n) is 3.02. The molecule has 0 spiro atoms. The summed E-state index contributed by atoms with van der Waals surface area (Å²) < 4.78 is 76.8. The molecule has 1 heterocycles. The molecule has 0 saturated heterocycles. The van der Waals surface area contributed by atoms with Crippen LogP contribution < -0.4 is 10.7 Å². The van der Waals surface area contributed by atoms with Crippen molar-refractivity contribution in [3.05, 3.63) is 46.6 Å². The Hall–Kier alpha value is -1.26. The highest BCUT2D eigenvalue weighted by atomic mass is 79.9. The smallest absolute Gasteiger partial charge is 0.390 e. The summed E-state index contributed by atoms with van der Waals surface area (Å²) >= 11 is 3.20. The number of rotatable bonds is 6. The Morgan fingerprint density at radius 1 is 1.19 bits per heavy atom. The Labute approximate surface area is 156 Å². The van der Waals surface area contributed by atoms with Gasteiger partial charge in [0.25, 0.3) is 10.1 Å². The molecule has 0 bridgehead atoms. The number of alkyl halides is 3. The summed E-state index contributed by atoms with van der Waals surface area (Å²) in [7, 11) is -7.20. The minimum Gasteiger partial charge on any atom is -0.390 e. The first-order valence-corrected chi connectivity index (χ1v) is 10.5. The maximum absolute atomic E-state index is 12.6. The normalized spacial score (nSPS) is 13.6. The first-order valence-electron chi connectivity index (χ1n) is 6.90. The van der Waals surface area contributed by atoms with E-state index in [1.54, 1.807) is 6.07 Å². The molecule has 1 N–H and O–H groups in total. The Kier molecular flexibility index (Phi) is 6.62. The van der Waals surface area contributed by atoms with Crippen LogP contribution in [0.3, 0.4) is 0 Å². The summed E-state index contributed by atoms with van der Waals surface area (Å²) in [5, 5.41) is 9.39. The summed E-state index contributed by atoms with van der Waals surface area (Å²) in [6.45, 7) is -2.28. The Morgan fingerprint density at radius 2 is 1.81 bits per heavy atom. The molecular formula is C14H12BrF3NO5PS. The van der Waals surface area contributed by atoms with Gasteiger partial charge in [-0.1, -0.05) is 15.9 Å². The van der Waals surface area contributed by atoms with Gasteiger partial charge in [0, 0.05) is 9.78 Å². The van der Waals surface area contributed by atoms with Crippen molar-refractivity contribution in [3.63, 3.8) is 0 Å². The molecule has 0 aliphatic carbocycles. The van der Waals surface area contributed by atoms with E-state index in [2.05, 4.69) is 25.1 Å². The van der Waals surface area contributed by atoms with E-state index < -0.39 is 35.6 Å². The van der Waals surface area contributed by atoms with Crippen molar-refractivity contribution in [2.75, 3.05) is 6.61 Å². The van der Waals surface area contributed by atoms with Crippen LogP contribution in [0.15, 0.2) is 45.8 Å². The Bertz CT molecular complexity index is 919. The third kappa shape index (κ3) is 5.62. The highest BCUT2D eigenvalue weighted by Crippen LogP contribution is 2.23. The van der Waals surface area contributed by atoms with Gasteiger partial charge in [0.05, 0.1) is 17.2 Å². The molecule has 0 fully saturated rings. The van der Waals surface area contributed by atoms with Crippen LogP contribution in [-0.4, -0.2) is 31.3 Å². The first-order chi connectivity index (χ1) is 12.0. The van der Waals surface area contributed by atoms with Gasteiger partial charge < -0.3 is 9.67 Å². The van der Waals surface area contributed by atoms with Crippen molar-refractivity contribution in [1.82, 2.24) is 4.98 Å². The molecule has 2 aromatic rings. The standard InChI is InChI=1S/C14H12BrF3NO5PS/c15-9-5-10(7-20)19-13(6-9)25(21)11-1-3-12(4-2-11)26(22,23)24-8-14(16,17)18/h1-6,20,25H,7-8H2. The van der Waals surface area contributed by atoms with Gasteiger partial charge in [-0.25, -0.2) is 4.98 Å². The van der Waals surface area contributed by atoms with Gasteiger partial charge in [0.1, 0.15) is 13.2 Å². The molecule has 2 rings (SSSR count). The maximum Gasteiger partial charge on any atom is 0.413 e. The number of aliphatic hydroxyl groups is 1. The van der Waals surface area contributed by atoms with Crippen molar-refractivity contribution in [2.24, 2.45) is 0 Å². The molecule has 6 nitrogen and oxygen atoms in total. The molecule has 0 amide bonds. The molecule has 1 unspecified atom stereocenters. The maximum atomic E-state index is 12.6. The van der Waals surface area contributed by atoms with E-state index in [1.165, 1.54) is 18.2 Å². The van der Waals surface area contributed by atoms with Crippen LogP contribution in [0.25, 0.3) is 0 Å². The van der Waals surface area contributed by atoms with Crippen molar-refractivity contribution >= 4 is 44.6 Å². The van der Waals surface area contributed by atoms with E-state index in [1.807, 2.05) is 0 Å². The van der Waals surface area contributed by atoms with E-state index in [-0.39, 0.29) is 17.3 Å². The third-order valence-corrected chi connectivity index (χ3v) is 6.34. The van der Waals surface area contributed by atoms with Crippen molar-refractivity contribution in [1.29, 1.82) is 0 Å². The number of hydrogen-bond donors (Lipinski definition) is 1. The fourth-order valence-electron chi connectivity index (χ4n) is 1.88. The molecule has 1 aromatic heterocycles. The highest BCUT2D eigenvalue weighted by molar-refractivity contribution is 9.10. The van der Waals surface area contributed by atoms with E-state index in [0.717, 1.165) is 12.1 Å². The predicted molar refractivity (Wildman–Crippen MR) is 91.8 cm³/mol. The molecule has 0 saturated carbocycles. The van der Waals surface area contributed by atoms with Crippen molar-refractivity contribution < 1.29 is 35.4 Å². The number of halogens is 4. The number of hydrogen-bond acceptors (Lipinski definition) is 6. The number of benzene rings is 1. The largest absolute Gasteiger partial charge is 0.413 e. The lowest BCUT2D eigenvalue weighted by atomic mass is 10.4. The molecule has 12 heteroatoms. The molecule has 0 aliphatic heterocycles. The fourth-order valence-corrected chi connectivity index (χ4v) is 4.76. The number of nitrogens with zero attached hydrogens (tertiary/aromatic N) is 1. The monoisotopic (exact) mass is 473 g/mol. The zero-order chi connectivity index (χ0) is 19.5. The molecule has 142 valence electrons. The average Bonchev–Trinajstić information content (AvgIpc) is 2.58. The zero-order valence-electron chi connectivity index (χ0n) is 12.8. The van der Waals surface area contributed by atoms with Gasteiger partial charge in [-0.3, -0.25) is 4.18 Å². The van der Waals surface area contributed by atoms with Gasteiger partial charge in [0.15, 0.2) is 6.61 Å². The van der Waals surface area contributed by atoms with Crippen molar-refractivity contribution in [2.45, 2.75) is 17.7 Å². The second kappa shape index (κ2) is 8.18. The summed E-state index contributed by atoms with van der Waals surface area (Å²) in [6.07, 6.45) is -4.78. The van der Waals surface area contributed by atoms with Crippen LogP contribution in [0.5, 0.6) is 0 Å². The van der Waals surface area contributed by atoms with E-state index in [4.69, 9.17) is 5.11 Å². The summed E-state index contributed by atoms with van der Waals surface area (Å²) in [5.74, 6) is 0. The minimum atomic E-state index is -4.78. The number of pyridine rings is 1. The summed E-state index contributed by atoms with van der Waals surface area (Å²) in [4.78, 5) is 3.55. The van der Waals surface area contributed by atoms with E-state index in [0.29, 0.717) is 10.2 Å². The Morgan fingerprint density at radius 3 is 2.35 bits per heavy atom. The Balaban J connectivity index is 2.24. The highest BCUT2D eigenvalue weighted by Gasteiger charge is 2.31. The molecule has 0 aliphatic rings. The zero-order valence-corrected chi connectivity index (χ0v) is 16.2. The predicted octanol–water partition coefficient (Wildman–Crippen LogP) is 2.11. The van der Waals surface area contributed by atoms with Crippen LogP contribution in [0.4, 0.5) is 13.2 Å². The second-order valence-corrected chi connectivity index (χ2v) is 9.28. The molecule has 1 atom stereocenters. The van der Waals surface area contributed by atoms with Crippen LogP contribution >= 0.6 is 23.7 Å². The first kappa shape index (κ1) is 21.0. The molecular weight excluding hydrogens is 462 g/mol. The van der Waals surface area contributed by atoms with Gasteiger partial charge in [0.2, 0.25) is 0 Å². The lowest BCUT2D eigenvalue weighted by Crippen LogP contribution is -2.21. The van der Waals surface area contributed by atoms with E-state index in [9.17, 15) is 26.2 Å². The quantitative estimate of drug-likeness (QED) is 0.510. The second-order valence-electron chi connectivity index (χ2n) is 5.01.